The van der Waals surface area contributed by atoms with Gasteiger partial charge in [-0.1, -0.05) is 104 Å². The largest absolute Gasteiger partial charge is 1.00 e. The van der Waals surface area contributed by atoms with E-state index in [1.807, 2.05) is 0 Å². The van der Waals surface area contributed by atoms with Crippen molar-refractivity contribution in [3.63, 3.8) is 0 Å². The van der Waals surface area contributed by atoms with Gasteiger partial charge in [0.15, 0.2) is 0 Å². The van der Waals surface area contributed by atoms with Crippen LogP contribution in [0.5, 0.6) is 0 Å². The Morgan fingerprint density at radius 1 is 0.643 bits per heavy atom. The number of aliphatic hydroxyl groups is 1. The monoisotopic (exact) mass is 428 g/mol. The van der Waals surface area contributed by atoms with Crippen molar-refractivity contribution < 1.29 is 47.6 Å². The molecule has 1 N–H and O–H groups in total. The van der Waals surface area contributed by atoms with Crippen molar-refractivity contribution in [1.29, 1.82) is 0 Å². The predicted octanol–water partition coefficient (Wildman–Crippen LogP) is 3.33. The van der Waals surface area contributed by atoms with Gasteiger partial charge in [0, 0.05) is 5.25 Å². The zero-order valence-electron chi connectivity index (χ0n) is 19.0. The fourth-order valence-corrected chi connectivity index (χ4v) is 4.49. The van der Waals surface area contributed by atoms with E-state index in [-0.39, 0.29) is 29.6 Å². The van der Waals surface area contributed by atoms with E-state index in [0.717, 1.165) is 32.1 Å². The Hall–Kier alpha value is 0.870. The molecule has 6 heteroatoms. The normalized spacial score (nSPS) is 13.9. The van der Waals surface area contributed by atoms with Crippen molar-refractivity contribution in [3.05, 3.63) is 0 Å². The van der Waals surface area contributed by atoms with E-state index in [0.29, 0.717) is 25.7 Å². The Labute approximate surface area is 197 Å². The minimum atomic E-state index is -4.26. The van der Waals surface area contributed by atoms with Crippen LogP contribution in [-0.2, 0) is 10.1 Å². The molecule has 0 aromatic carbocycles. The molecule has 0 aliphatic rings. The van der Waals surface area contributed by atoms with Gasteiger partial charge in [-0.2, -0.15) is 0 Å². The van der Waals surface area contributed by atoms with E-state index in [1.54, 1.807) is 0 Å². The van der Waals surface area contributed by atoms with Crippen LogP contribution in [0, 0.1) is 0 Å². The molecule has 0 fully saturated rings. The van der Waals surface area contributed by atoms with Crippen LogP contribution in [0.1, 0.15) is 129 Å². The van der Waals surface area contributed by atoms with E-state index in [9.17, 15) is 18.1 Å². The van der Waals surface area contributed by atoms with Crippen molar-refractivity contribution >= 4 is 10.1 Å². The van der Waals surface area contributed by atoms with Crippen molar-refractivity contribution in [2.24, 2.45) is 0 Å². The second kappa shape index (κ2) is 21.1. The van der Waals surface area contributed by atoms with Crippen LogP contribution >= 0.6 is 0 Å². The summed E-state index contributed by atoms with van der Waals surface area (Å²) in [5.74, 6) is 0. The molecule has 0 saturated carbocycles. The van der Waals surface area contributed by atoms with Crippen LogP contribution in [0.3, 0.4) is 0 Å². The molecule has 0 spiro atoms. The van der Waals surface area contributed by atoms with Gasteiger partial charge in [-0.05, 0) is 25.7 Å². The molecule has 2 atom stereocenters. The Morgan fingerprint density at radius 2 is 1.07 bits per heavy atom. The number of aliphatic hydroxyl groups excluding tert-OH is 1. The van der Waals surface area contributed by atoms with Gasteiger partial charge in [0.05, 0.1) is 16.2 Å². The van der Waals surface area contributed by atoms with E-state index < -0.39 is 21.5 Å². The summed E-state index contributed by atoms with van der Waals surface area (Å²) in [6, 6.07) is 0. The van der Waals surface area contributed by atoms with E-state index in [4.69, 9.17) is 0 Å². The summed E-state index contributed by atoms with van der Waals surface area (Å²) in [4.78, 5) is 0. The maximum atomic E-state index is 11.5. The zero-order valence-corrected chi connectivity index (χ0v) is 21.8. The standard InChI is InChI=1S/C22H46O4S.Na/c1-3-5-7-8-9-10-11-12-13-14-15-16-18-22(27(24,25)26)20-19-21(23)17-6-4-2;/h21-23H,3-20H2,1-2H3,(H,24,25,26);/q;+1/p-1. The Kier molecular flexibility index (Phi) is 23.4. The third-order valence-corrected chi connectivity index (χ3v) is 6.79. The minimum Gasteiger partial charge on any atom is -0.748 e. The van der Waals surface area contributed by atoms with Gasteiger partial charge in [-0.3, -0.25) is 0 Å². The van der Waals surface area contributed by atoms with E-state index in [2.05, 4.69) is 13.8 Å². The first-order valence-corrected chi connectivity index (χ1v) is 13.0. The molecule has 0 rings (SSSR count). The molecule has 28 heavy (non-hydrogen) atoms. The molecule has 164 valence electrons. The fraction of sp³-hybridized carbons (Fsp3) is 1.00. The van der Waals surface area contributed by atoms with Crippen LogP contribution in [-0.4, -0.2) is 29.4 Å². The first-order valence-electron chi connectivity index (χ1n) is 11.5. The predicted molar refractivity (Wildman–Crippen MR) is 114 cm³/mol. The van der Waals surface area contributed by atoms with Crippen molar-refractivity contribution in [2.45, 2.75) is 141 Å². The molecule has 0 aromatic heterocycles. The molecule has 0 bridgehead atoms. The molecule has 2 unspecified atom stereocenters. The Morgan fingerprint density at radius 3 is 1.50 bits per heavy atom. The molecule has 0 radical (unpaired) electrons. The molecular formula is C22H45NaO4S. The number of rotatable bonds is 20. The summed E-state index contributed by atoms with van der Waals surface area (Å²) in [6.07, 6.45) is 18.1. The smallest absolute Gasteiger partial charge is 0.748 e. The molecule has 4 nitrogen and oxygen atoms in total. The third-order valence-electron chi connectivity index (χ3n) is 5.50. The Balaban J connectivity index is 0. The number of hydrogen-bond acceptors (Lipinski definition) is 4. The molecule has 0 amide bonds. The summed E-state index contributed by atoms with van der Waals surface area (Å²) < 4.78 is 34.4. The minimum absolute atomic E-state index is 0. The van der Waals surface area contributed by atoms with Gasteiger partial charge in [-0.15, -0.1) is 0 Å². The summed E-state index contributed by atoms with van der Waals surface area (Å²) in [7, 11) is -4.26. The number of unbranched alkanes of at least 4 members (excludes halogenated alkanes) is 12. The maximum absolute atomic E-state index is 11.5. The second-order valence-corrected chi connectivity index (χ2v) is 9.82. The quantitative estimate of drug-likeness (QED) is 0.183. The van der Waals surface area contributed by atoms with Crippen LogP contribution in [0.25, 0.3) is 0 Å². The van der Waals surface area contributed by atoms with E-state index in [1.165, 1.54) is 57.8 Å². The Bertz CT molecular complexity index is 415. The van der Waals surface area contributed by atoms with E-state index >= 15 is 0 Å². The van der Waals surface area contributed by atoms with Gasteiger partial charge in [0.1, 0.15) is 0 Å². The molecular weight excluding hydrogens is 383 g/mol. The summed E-state index contributed by atoms with van der Waals surface area (Å²) in [5.41, 5.74) is 0. The third kappa shape index (κ3) is 20.2. The van der Waals surface area contributed by atoms with Crippen LogP contribution in [0.2, 0.25) is 0 Å². The second-order valence-electron chi connectivity index (χ2n) is 8.17. The van der Waals surface area contributed by atoms with Gasteiger partial charge >= 0.3 is 29.6 Å². The van der Waals surface area contributed by atoms with Crippen LogP contribution in [0.4, 0.5) is 0 Å². The summed E-state index contributed by atoms with van der Waals surface area (Å²) in [6.45, 7) is 4.30. The molecule has 0 aliphatic carbocycles. The average Bonchev–Trinajstić information content (AvgIpc) is 2.62. The SMILES string of the molecule is CCCCCCCCCCCCCCC(CCC(O)CCCC)S(=O)(=O)[O-].[Na+]. The first kappa shape index (κ1) is 31.1. The fourth-order valence-electron chi connectivity index (χ4n) is 3.61. The van der Waals surface area contributed by atoms with Crippen molar-refractivity contribution in [3.8, 4) is 0 Å². The van der Waals surface area contributed by atoms with Crippen LogP contribution in [0.15, 0.2) is 0 Å². The van der Waals surface area contributed by atoms with Gasteiger partial charge in [-0.25, -0.2) is 8.42 Å². The summed E-state index contributed by atoms with van der Waals surface area (Å²) in [5, 5.41) is 9.05. The molecule has 0 saturated heterocycles. The van der Waals surface area contributed by atoms with Crippen LogP contribution < -0.4 is 29.6 Å². The zero-order chi connectivity index (χ0) is 20.4. The average molecular weight is 429 g/mol. The van der Waals surface area contributed by atoms with Gasteiger partial charge < -0.3 is 9.66 Å². The van der Waals surface area contributed by atoms with Gasteiger partial charge in [0.25, 0.3) is 0 Å². The maximum Gasteiger partial charge on any atom is 1.00 e. The topological polar surface area (TPSA) is 77.4 Å². The molecule has 0 aromatic rings. The number of hydrogen-bond donors (Lipinski definition) is 1. The molecule has 0 heterocycles. The van der Waals surface area contributed by atoms with Gasteiger partial charge in [0.2, 0.25) is 0 Å². The molecule has 0 aliphatic heterocycles. The van der Waals surface area contributed by atoms with Crippen molar-refractivity contribution in [2.75, 3.05) is 0 Å². The van der Waals surface area contributed by atoms with Crippen molar-refractivity contribution in [1.82, 2.24) is 0 Å². The summed E-state index contributed by atoms with van der Waals surface area (Å²) >= 11 is 0. The first-order chi connectivity index (χ1) is 12.9.